The molecule has 0 bridgehead atoms. The highest BCUT2D eigenvalue weighted by molar-refractivity contribution is 5.92. The van der Waals surface area contributed by atoms with E-state index in [-0.39, 0.29) is 12.5 Å². The van der Waals surface area contributed by atoms with Crippen LogP contribution in [0.25, 0.3) is 0 Å². The van der Waals surface area contributed by atoms with Gasteiger partial charge in [0.05, 0.1) is 0 Å². The lowest BCUT2D eigenvalue weighted by molar-refractivity contribution is -0.118. The Morgan fingerprint density at radius 3 is 2.23 bits per heavy atom. The molecule has 0 atom stereocenters. The van der Waals surface area contributed by atoms with Gasteiger partial charge in [0, 0.05) is 5.69 Å². The third-order valence-corrected chi connectivity index (χ3v) is 4.01. The second kappa shape index (κ2) is 6.65. The molecule has 0 unspecified atom stereocenters. The van der Waals surface area contributed by atoms with Crippen molar-refractivity contribution < 1.29 is 9.53 Å². The van der Waals surface area contributed by atoms with Crippen molar-refractivity contribution in [3.8, 4) is 5.75 Å². The molecule has 2 aromatic carbocycles. The summed E-state index contributed by atoms with van der Waals surface area (Å²) in [7, 11) is 0. The van der Waals surface area contributed by atoms with Crippen LogP contribution < -0.4 is 10.1 Å². The summed E-state index contributed by atoms with van der Waals surface area (Å²) < 4.78 is 5.72. The van der Waals surface area contributed by atoms with Crippen LogP contribution in [0.1, 0.15) is 27.8 Å². The zero-order valence-corrected chi connectivity index (χ0v) is 13.9. The first kappa shape index (κ1) is 16.1. The van der Waals surface area contributed by atoms with Gasteiger partial charge in [-0.3, -0.25) is 4.79 Å². The van der Waals surface area contributed by atoms with E-state index in [1.165, 1.54) is 5.56 Å². The summed E-state index contributed by atoms with van der Waals surface area (Å²) in [6.07, 6.45) is 0. The SMILES string of the molecule is Cc1ccc(NC(=O)COc2c(C)ccc(C)c2C)cc1C. The highest BCUT2D eigenvalue weighted by Crippen LogP contribution is 2.25. The third kappa shape index (κ3) is 3.67. The molecule has 2 rings (SSSR count). The van der Waals surface area contributed by atoms with Gasteiger partial charge in [-0.25, -0.2) is 0 Å². The van der Waals surface area contributed by atoms with Crippen LogP contribution in [-0.2, 0) is 4.79 Å². The number of nitrogens with one attached hydrogen (secondary N) is 1. The maximum Gasteiger partial charge on any atom is 0.262 e. The van der Waals surface area contributed by atoms with Gasteiger partial charge in [-0.2, -0.15) is 0 Å². The van der Waals surface area contributed by atoms with Crippen LogP contribution in [0.15, 0.2) is 30.3 Å². The molecule has 0 radical (unpaired) electrons. The van der Waals surface area contributed by atoms with Crippen molar-refractivity contribution >= 4 is 11.6 Å². The lowest BCUT2D eigenvalue weighted by Gasteiger charge is -2.14. The zero-order valence-electron chi connectivity index (χ0n) is 13.9. The van der Waals surface area contributed by atoms with E-state index in [9.17, 15) is 4.79 Å². The summed E-state index contributed by atoms with van der Waals surface area (Å²) >= 11 is 0. The number of amides is 1. The summed E-state index contributed by atoms with van der Waals surface area (Å²) in [6.45, 7) is 10.1. The van der Waals surface area contributed by atoms with E-state index in [2.05, 4.69) is 11.4 Å². The summed E-state index contributed by atoms with van der Waals surface area (Å²) in [5, 5.41) is 2.87. The predicted molar refractivity (Wildman–Crippen MR) is 90.7 cm³/mol. The molecule has 0 aliphatic carbocycles. The fourth-order valence-electron chi connectivity index (χ4n) is 2.30. The summed E-state index contributed by atoms with van der Waals surface area (Å²) in [5.74, 6) is 0.652. The molecule has 116 valence electrons. The molecule has 3 heteroatoms. The van der Waals surface area contributed by atoms with Crippen molar-refractivity contribution in [2.45, 2.75) is 34.6 Å². The van der Waals surface area contributed by atoms with Gasteiger partial charge in [0.25, 0.3) is 5.91 Å². The number of anilines is 1. The van der Waals surface area contributed by atoms with Crippen LogP contribution in [0.5, 0.6) is 5.75 Å². The highest BCUT2D eigenvalue weighted by atomic mass is 16.5. The number of aryl methyl sites for hydroxylation is 4. The molecule has 0 saturated carbocycles. The Balaban J connectivity index is 2.01. The van der Waals surface area contributed by atoms with E-state index >= 15 is 0 Å². The monoisotopic (exact) mass is 297 g/mol. The lowest BCUT2D eigenvalue weighted by Crippen LogP contribution is -2.20. The van der Waals surface area contributed by atoms with Crippen molar-refractivity contribution in [2.75, 3.05) is 11.9 Å². The van der Waals surface area contributed by atoms with Gasteiger partial charge in [0.2, 0.25) is 0 Å². The average Bonchev–Trinajstić information content (AvgIpc) is 2.47. The molecule has 22 heavy (non-hydrogen) atoms. The van der Waals surface area contributed by atoms with Crippen molar-refractivity contribution in [3.05, 3.63) is 58.1 Å². The molecular weight excluding hydrogens is 274 g/mol. The van der Waals surface area contributed by atoms with Crippen LogP contribution >= 0.6 is 0 Å². The molecule has 0 aliphatic rings. The topological polar surface area (TPSA) is 38.3 Å². The van der Waals surface area contributed by atoms with Gasteiger partial charge >= 0.3 is 0 Å². The van der Waals surface area contributed by atoms with E-state index in [4.69, 9.17) is 4.74 Å². The second-order valence-electron chi connectivity index (χ2n) is 5.79. The van der Waals surface area contributed by atoms with Crippen LogP contribution in [0, 0.1) is 34.6 Å². The third-order valence-electron chi connectivity index (χ3n) is 4.01. The Labute approximate surface area is 132 Å². The largest absolute Gasteiger partial charge is 0.483 e. The number of hydrogen-bond acceptors (Lipinski definition) is 2. The van der Waals surface area contributed by atoms with Gasteiger partial charge in [-0.1, -0.05) is 18.2 Å². The predicted octanol–water partition coefficient (Wildman–Crippen LogP) is 4.25. The number of benzene rings is 2. The molecule has 0 spiro atoms. The molecule has 0 saturated heterocycles. The maximum atomic E-state index is 12.1. The van der Waals surface area contributed by atoms with E-state index in [0.29, 0.717) is 0 Å². The molecule has 1 amide bonds. The fourth-order valence-corrected chi connectivity index (χ4v) is 2.30. The average molecular weight is 297 g/mol. The van der Waals surface area contributed by atoms with Crippen LogP contribution in [0.2, 0.25) is 0 Å². The molecule has 3 nitrogen and oxygen atoms in total. The Hall–Kier alpha value is -2.29. The minimum atomic E-state index is -0.149. The standard InChI is InChI=1S/C19H23NO2/c1-12-8-9-17(10-15(12)4)20-18(21)11-22-19-14(3)7-6-13(2)16(19)5/h6-10H,11H2,1-5H3,(H,20,21). The van der Waals surface area contributed by atoms with E-state index in [1.54, 1.807) is 0 Å². The number of rotatable bonds is 4. The summed E-state index contributed by atoms with van der Waals surface area (Å²) in [4.78, 5) is 12.1. The van der Waals surface area contributed by atoms with Gasteiger partial charge in [-0.05, 0) is 74.6 Å². The highest BCUT2D eigenvalue weighted by Gasteiger charge is 2.09. The second-order valence-corrected chi connectivity index (χ2v) is 5.79. The first-order valence-corrected chi connectivity index (χ1v) is 7.45. The number of hydrogen-bond donors (Lipinski definition) is 1. The van der Waals surface area contributed by atoms with Crippen molar-refractivity contribution in [2.24, 2.45) is 0 Å². The van der Waals surface area contributed by atoms with E-state index in [0.717, 1.165) is 33.7 Å². The zero-order chi connectivity index (χ0) is 16.3. The maximum absolute atomic E-state index is 12.1. The van der Waals surface area contributed by atoms with E-state index < -0.39 is 0 Å². The summed E-state index contributed by atoms with van der Waals surface area (Å²) in [6, 6.07) is 9.95. The van der Waals surface area contributed by atoms with Gasteiger partial charge in [0.15, 0.2) is 6.61 Å². The quantitative estimate of drug-likeness (QED) is 0.916. The molecule has 0 aliphatic heterocycles. The first-order valence-electron chi connectivity index (χ1n) is 7.45. The normalized spacial score (nSPS) is 10.4. The van der Waals surface area contributed by atoms with Crippen molar-refractivity contribution in [1.29, 1.82) is 0 Å². The Bertz CT molecular complexity index is 705. The number of carbonyl (C=O) groups is 1. The molecule has 0 aromatic heterocycles. The number of carbonyl (C=O) groups excluding carboxylic acids is 1. The molecule has 2 aromatic rings. The molecule has 0 fully saturated rings. The Morgan fingerprint density at radius 2 is 1.55 bits per heavy atom. The van der Waals surface area contributed by atoms with Crippen LogP contribution in [0.4, 0.5) is 5.69 Å². The Morgan fingerprint density at radius 1 is 0.909 bits per heavy atom. The molecular formula is C19H23NO2. The van der Waals surface area contributed by atoms with Gasteiger partial charge in [-0.15, -0.1) is 0 Å². The van der Waals surface area contributed by atoms with Crippen LogP contribution in [0.3, 0.4) is 0 Å². The number of ether oxygens (including phenoxy) is 1. The summed E-state index contributed by atoms with van der Waals surface area (Å²) in [5.41, 5.74) is 6.45. The fraction of sp³-hybridized carbons (Fsp3) is 0.316. The lowest BCUT2D eigenvalue weighted by atomic mass is 10.1. The van der Waals surface area contributed by atoms with Crippen LogP contribution in [-0.4, -0.2) is 12.5 Å². The van der Waals surface area contributed by atoms with E-state index in [1.807, 2.05) is 58.9 Å². The van der Waals surface area contributed by atoms with Crippen molar-refractivity contribution in [3.63, 3.8) is 0 Å². The molecule has 0 heterocycles. The minimum Gasteiger partial charge on any atom is -0.483 e. The van der Waals surface area contributed by atoms with Crippen molar-refractivity contribution in [1.82, 2.24) is 0 Å². The van der Waals surface area contributed by atoms with Gasteiger partial charge < -0.3 is 10.1 Å². The van der Waals surface area contributed by atoms with Gasteiger partial charge in [0.1, 0.15) is 5.75 Å². The first-order chi connectivity index (χ1) is 10.4. The molecule has 1 N–H and O–H groups in total. The Kier molecular flexibility index (Phi) is 4.86. The smallest absolute Gasteiger partial charge is 0.262 e. The minimum absolute atomic E-state index is 0.0120.